The molecule has 0 saturated carbocycles. The van der Waals surface area contributed by atoms with Gasteiger partial charge in [0, 0.05) is 6.08 Å². The van der Waals surface area contributed by atoms with E-state index in [9.17, 15) is 9.90 Å². The van der Waals surface area contributed by atoms with Gasteiger partial charge in [0.2, 0.25) is 0 Å². The zero-order valence-electron chi connectivity index (χ0n) is 9.43. The summed E-state index contributed by atoms with van der Waals surface area (Å²) in [7, 11) is 0. The molecular weight excluding hydrogens is 216 g/mol. The fraction of sp³-hybridized carbons (Fsp3) is 0.0714. The van der Waals surface area contributed by atoms with Crippen molar-refractivity contribution < 1.29 is 14.6 Å². The molecule has 2 aromatic carbocycles. The number of carbonyl (C=O) groups excluding carboxylic acids is 1. The van der Waals surface area contributed by atoms with Gasteiger partial charge < -0.3 is 9.84 Å². The van der Waals surface area contributed by atoms with Crippen LogP contribution in [0.1, 0.15) is 5.56 Å². The highest BCUT2D eigenvalue weighted by Crippen LogP contribution is 2.35. The first-order valence-corrected chi connectivity index (χ1v) is 5.19. The predicted octanol–water partition coefficient (Wildman–Crippen LogP) is 2.95. The number of ether oxygens (including phenoxy) is 1. The van der Waals surface area contributed by atoms with Gasteiger partial charge in [0.25, 0.3) is 0 Å². The van der Waals surface area contributed by atoms with Gasteiger partial charge in [-0.2, -0.15) is 0 Å². The van der Waals surface area contributed by atoms with Crippen LogP contribution in [0.25, 0.3) is 10.8 Å². The number of phenols is 1. The molecule has 0 atom stereocenters. The van der Waals surface area contributed by atoms with Gasteiger partial charge in [-0.1, -0.05) is 24.8 Å². The first-order valence-electron chi connectivity index (χ1n) is 5.19. The van der Waals surface area contributed by atoms with Crippen molar-refractivity contribution in [3.8, 4) is 11.5 Å². The summed E-state index contributed by atoms with van der Waals surface area (Å²) in [6.07, 6.45) is 1.09. The summed E-state index contributed by atoms with van der Waals surface area (Å²) in [6, 6.07) is 8.69. The molecule has 0 heterocycles. The van der Waals surface area contributed by atoms with E-state index >= 15 is 0 Å². The average Bonchev–Trinajstić information content (AvgIpc) is 2.33. The molecule has 17 heavy (non-hydrogen) atoms. The highest BCUT2D eigenvalue weighted by molar-refractivity contribution is 5.97. The highest BCUT2D eigenvalue weighted by atomic mass is 16.5. The molecule has 1 N–H and O–H groups in total. The Morgan fingerprint density at radius 3 is 2.82 bits per heavy atom. The Balaban J connectivity index is 2.68. The van der Waals surface area contributed by atoms with E-state index in [4.69, 9.17) is 4.74 Å². The number of esters is 1. The van der Waals surface area contributed by atoms with Gasteiger partial charge in [-0.15, -0.1) is 0 Å². The molecule has 3 heteroatoms. The molecule has 86 valence electrons. The molecule has 0 bridgehead atoms. The van der Waals surface area contributed by atoms with Crippen LogP contribution in [0.2, 0.25) is 0 Å². The lowest BCUT2D eigenvalue weighted by atomic mass is 10.0. The second-order valence-electron chi connectivity index (χ2n) is 3.71. The lowest BCUT2D eigenvalue weighted by Crippen LogP contribution is -2.03. The summed E-state index contributed by atoms with van der Waals surface area (Å²) in [6.45, 7) is 5.27. The number of rotatable bonds is 2. The normalized spacial score (nSPS) is 10.2. The van der Waals surface area contributed by atoms with Gasteiger partial charge in [-0.25, -0.2) is 4.79 Å². The quantitative estimate of drug-likeness (QED) is 0.488. The maximum absolute atomic E-state index is 11.2. The number of aromatic hydroxyl groups is 1. The van der Waals surface area contributed by atoms with Crippen LogP contribution in [0.4, 0.5) is 0 Å². The van der Waals surface area contributed by atoms with Crippen molar-refractivity contribution in [2.24, 2.45) is 0 Å². The van der Waals surface area contributed by atoms with E-state index in [-0.39, 0.29) is 5.75 Å². The Hall–Kier alpha value is -2.29. The summed E-state index contributed by atoms with van der Waals surface area (Å²) < 4.78 is 5.10. The van der Waals surface area contributed by atoms with Crippen LogP contribution in [0, 0.1) is 6.92 Å². The monoisotopic (exact) mass is 228 g/mol. The van der Waals surface area contributed by atoms with Gasteiger partial charge in [0.05, 0.1) is 5.39 Å². The average molecular weight is 228 g/mol. The van der Waals surface area contributed by atoms with Crippen LogP contribution < -0.4 is 4.74 Å². The largest absolute Gasteiger partial charge is 0.507 e. The van der Waals surface area contributed by atoms with Crippen LogP contribution in [0.3, 0.4) is 0 Å². The van der Waals surface area contributed by atoms with Crippen molar-refractivity contribution in [2.75, 3.05) is 0 Å². The number of hydrogen-bond donors (Lipinski definition) is 1. The molecule has 0 aliphatic heterocycles. The van der Waals surface area contributed by atoms with Crippen LogP contribution in [-0.4, -0.2) is 11.1 Å². The summed E-state index contributed by atoms with van der Waals surface area (Å²) in [5.41, 5.74) is 1.01. The molecule has 2 aromatic rings. The van der Waals surface area contributed by atoms with Crippen LogP contribution in [-0.2, 0) is 4.79 Å². The van der Waals surface area contributed by atoms with E-state index in [1.807, 2.05) is 19.1 Å². The molecule has 0 fully saturated rings. The maximum Gasteiger partial charge on any atom is 0.335 e. The molecule has 0 spiro atoms. The minimum atomic E-state index is -0.543. The smallest absolute Gasteiger partial charge is 0.335 e. The molecule has 0 amide bonds. The minimum Gasteiger partial charge on any atom is -0.507 e. The number of carbonyl (C=O) groups is 1. The molecular formula is C14H12O3. The first kappa shape index (κ1) is 11.2. The number of fused-ring (bicyclic) bond motifs is 1. The second-order valence-corrected chi connectivity index (χ2v) is 3.71. The standard InChI is InChI=1S/C14H12O3/c1-3-13(16)17-12-8-7-9(2)10-5-4-6-11(15)14(10)12/h3-8,15H,1H2,2H3. The number of hydrogen-bond acceptors (Lipinski definition) is 3. The Bertz CT molecular complexity index is 600. The maximum atomic E-state index is 11.2. The van der Waals surface area contributed by atoms with Gasteiger partial charge in [0.1, 0.15) is 11.5 Å². The van der Waals surface area contributed by atoms with E-state index < -0.39 is 5.97 Å². The van der Waals surface area contributed by atoms with E-state index in [0.717, 1.165) is 17.0 Å². The van der Waals surface area contributed by atoms with Gasteiger partial charge in [-0.3, -0.25) is 0 Å². The Kier molecular flexibility index (Phi) is 2.83. The molecule has 2 rings (SSSR count). The predicted molar refractivity (Wildman–Crippen MR) is 66.2 cm³/mol. The van der Waals surface area contributed by atoms with Crippen molar-refractivity contribution in [3.05, 3.63) is 48.6 Å². The van der Waals surface area contributed by atoms with Crippen LogP contribution in [0.5, 0.6) is 11.5 Å². The van der Waals surface area contributed by atoms with E-state index in [1.54, 1.807) is 18.2 Å². The Morgan fingerprint density at radius 2 is 2.12 bits per heavy atom. The molecule has 0 aromatic heterocycles. The van der Waals surface area contributed by atoms with Gasteiger partial charge in [0.15, 0.2) is 0 Å². The van der Waals surface area contributed by atoms with E-state index in [0.29, 0.717) is 11.1 Å². The minimum absolute atomic E-state index is 0.0954. The lowest BCUT2D eigenvalue weighted by Gasteiger charge is -2.09. The molecule has 0 unspecified atom stereocenters. The molecule has 0 saturated heterocycles. The Labute approximate surface area is 99.0 Å². The molecule has 0 aliphatic carbocycles. The topological polar surface area (TPSA) is 46.5 Å². The van der Waals surface area contributed by atoms with Crippen molar-refractivity contribution in [1.29, 1.82) is 0 Å². The van der Waals surface area contributed by atoms with Crippen LogP contribution >= 0.6 is 0 Å². The van der Waals surface area contributed by atoms with Crippen molar-refractivity contribution in [3.63, 3.8) is 0 Å². The molecule has 3 nitrogen and oxygen atoms in total. The fourth-order valence-electron chi connectivity index (χ4n) is 1.74. The van der Waals surface area contributed by atoms with E-state index in [1.165, 1.54) is 0 Å². The number of aryl methyl sites for hydroxylation is 1. The zero-order chi connectivity index (χ0) is 12.4. The summed E-state index contributed by atoms with van der Waals surface area (Å²) >= 11 is 0. The third-order valence-electron chi connectivity index (χ3n) is 2.58. The first-order chi connectivity index (χ1) is 8.13. The fourth-order valence-corrected chi connectivity index (χ4v) is 1.74. The van der Waals surface area contributed by atoms with Crippen molar-refractivity contribution in [1.82, 2.24) is 0 Å². The number of phenolic OH excluding ortho intramolecular Hbond substituents is 1. The summed E-state index contributed by atoms with van der Waals surface area (Å²) in [5.74, 6) is -0.106. The third-order valence-corrected chi connectivity index (χ3v) is 2.58. The third kappa shape index (κ3) is 1.99. The van der Waals surface area contributed by atoms with Crippen LogP contribution in [0.15, 0.2) is 43.0 Å². The van der Waals surface area contributed by atoms with Gasteiger partial charge >= 0.3 is 5.97 Å². The highest BCUT2D eigenvalue weighted by Gasteiger charge is 2.10. The molecule has 0 radical (unpaired) electrons. The van der Waals surface area contributed by atoms with Crippen molar-refractivity contribution >= 4 is 16.7 Å². The Morgan fingerprint density at radius 1 is 1.35 bits per heavy atom. The lowest BCUT2D eigenvalue weighted by molar-refractivity contribution is -0.128. The SMILES string of the molecule is C=CC(=O)Oc1ccc(C)c2cccc(O)c12. The number of benzene rings is 2. The molecule has 0 aliphatic rings. The summed E-state index contributed by atoms with van der Waals surface area (Å²) in [4.78, 5) is 11.2. The van der Waals surface area contributed by atoms with Crippen molar-refractivity contribution in [2.45, 2.75) is 6.92 Å². The van der Waals surface area contributed by atoms with Gasteiger partial charge in [-0.05, 0) is 30.0 Å². The summed E-state index contributed by atoms with van der Waals surface area (Å²) in [5, 5.41) is 11.2. The van der Waals surface area contributed by atoms with E-state index in [2.05, 4.69) is 6.58 Å². The zero-order valence-corrected chi connectivity index (χ0v) is 9.43. The second kappa shape index (κ2) is 4.29.